The van der Waals surface area contributed by atoms with Crippen LogP contribution in [-0.4, -0.2) is 11.5 Å². The largest absolute Gasteiger partial charge is 0.416 e. The van der Waals surface area contributed by atoms with Gasteiger partial charge in [-0.15, -0.1) is 23.7 Å². The van der Waals surface area contributed by atoms with E-state index in [0.29, 0.717) is 18.2 Å². The number of thiazole rings is 1. The molecule has 1 aliphatic rings. The maximum Gasteiger partial charge on any atom is 0.416 e. The Hall–Kier alpha value is -1.31. The highest BCUT2D eigenvalue weighted by molar-refractivity contribution is 7.15. The molecule has 0 atom stereocenters. The van der Waals surface area contributed by atoms with Crippen LogP contribution in [0.3, 0.4) is 0 Å². The van der Waals surface area contributed by atoms with Gasteiger partial charge in [0.15, 0.2) is 5.13 Å². The van der Waals surface area contributed by atoms with Crippen molar-refractivity contribution in [3.05, 3.63) is 46.5 Å². The van der Waals surface area contributed by atoms with Crippen molar-refractivity contribution in [3.8, 4) is 0 Å². The highest BCUT2D eigenvalue weighted by Gasteiger charge is 2.44. The first-order valence-electron chi connectivity index (χ1n) is 6.98. The van der Waals surface area contributed by atoms with Crippen molar-refractivity contribution in [2.75, 3.05) is 12.3 Å². The number of benzene rings is 1. The molecule has 1 aromatic carbocycles. The second-order valence-corrected chi connectivity index (χ2v) is 6.77. The summed E-state index contributed by atoms with van der Waals surface area (Å²) in [6.07, 6.45) is -0.755. The lowest BCUT2D eigenvalue weighted by atomic mass is 9.94. The van der Waals surface area contributed by atoms with Crippen LogP contribution in [0.5, 0.6) is 0 Å². The summed E-state index contributed by atoms with van der Waals surface area (Å²) in [5.74, 6) is 0. The molecule has 3 N–H and O–H groups in total. The number of nitrogen functional groups attached to an aromatic ring is 1. The summed E-state index contributed by atoms with van der Waals surface area (Å²) in [6.45, 7) is 1.29. The van der Waals surface area contributed by atoms with Crippen LogP contribution in [0.2, 0.25) is 0 Å². The van der Waals surface area contributed by atoms with Crippen molar-refractivity contribution in [1.29, 1.82) is 0 Å². The zero-order valence-electron chi connectivity index (χ0n) is 12.2. The van der Waals surface area contributed by atoms with Gasteiger partial charge in [0.2, 0.25) is 0 Å². The van der Waals surface area contributed by atoms with Crippen molar-refractivity contribution >= 4 is 28.9 Å². The molecule has 1 aliphatic carbocycles. The van der Waals surface area contributed by atoms with Crippen molar-refractivity contribution in [1.82, 2.24) is 10.3 Å². The van der Waals surface area contributed by atoms with Gasteiger partial charge in [0.25, 0.3) is 0 Å². The van der Waals surface area contributed by atoms with E-state index in [1.807, 2.05) is 0 Å². The third-order valence-electron chi connectivity index (χ3n) is 3.99. The molecule has 0 bridgehead atoms. The maximum atomic E-state index is 12.8. The third kappa shape index (κ3) is 4.16. The number of rotatable bonds is 5. The predicted molar refractivity (Wildman–Crippen MR) is 87.8 cm³/mol. The number of aromatic nitrogens is 1. The van der Waals surface area contributed by atoms with Crippen molar-refractivity contribution in [3.63, 3.8) is 0 Å². The van der Waals surface area contributed by atoms with Crippen LogP contribution in [0.25, 0.3) is 0 Å². The Labute approximate surface area is 142 Å². The quantitative estimate of drug-likeness (QED) is 0.844. The van der Waals surface area contributed by atoms with Crippen molar-refractivity contribution in [2.24, 2.45) is 0 Å². The van der Waals surface area contributed by atoms with E-state index in [1.165, 1.54) is 23.5 Å². The number of hydrogen-bond acceptors (Lipinski definition) is 4. The van der Waals surface area contributed by atoms with Crippen LogP contribution in [0.15, 0.2) is 30.5 Å². The summed E-state index contributed by atoms with van der Waals surface area (Å²) in [5, 5.41) is 3.83. The van der Waals surface area contributed by atoms with E-state index in [-0.39, 0.29) is 17.8 Å². The highest BCUT2D eigenvalue weighted by atomic mass is 35.5. The molecule has 126 valence electrons. The van der Waals surface area contributed by atoms with Crippen LogP contribution in [0.4, 0.5) is 18.3 Å². The van der Waals surface area contributed by atoms with Gasteiger partial charge in [0.05, 0.1) is 5.56 Å². The number of halogens is 4. The van der Waals surface area contributed by atoms with Gasteiger partial charge < -0.3 is 11.1 Å². The van der Waals surface area contributed by atoms with E-state index in [1.54, 1.807) is 12.3 Å². The molecule has 1 aromatic heterocycles. The van der Waals surface area contributed by atoms with E-state index in [4.69, 9.17) is 5.73 Å². The molecular formula is C15H17ClF3N3S. The van der Waals surface area contributed by atoms with Gasteiger partial charge in [0.1, 0.15) is 0 Å². The van der Waals surface area contributed by atoms with Gasteiger partial charge in [-0.1, -0.05) is 18.2 Å². The molecule has 0 aliphatic heterocycles. The van der Waals surface area contributed by atoms with Crippen LogP contribution in [0, 0.1) is 0 Å². The Kier molecular flexibility index (Phi) is 5.23. The standard InChI is InChI=1S/C15H16F3N3S.ClH/c16-15(17,18)11-3-1-2-10(6-11)14(4-5-14)9-20-7-12-8-21-13(19)22-12;/h1-3,6,8,20H,4-5,7,9H2,(H2,19,21);1H. The summed E-state index contributed by atoms with van der Waals surface area (Å²) >= 11 is 1.42. The minimum atomic E-state index is -4.29. The fraction of sp³-hybridized carbons (Fsp3) is 0.400. The molecule has 1 saturated carbocycles. The zero-order valence-corrected chi connectivity index (χ0v) is 13.8. The second-order valence-electron chi connectivity index (χ2n) is 5.63. The molecule has 3 nitrogen and oxygen atoms in total. The third-order valence-corrected chi connectivity index (χ3v) is 4.82. The van der Waals surface area contributed by atoms with Gasteiger partial charge in [0, 0.05) is 29.6 Å². The lowest BCUT2D eigenvalue weighted by Crippen LogP contribution is -2.26. The smallest absolute Gasteiger partial charge is 0.375 e. The number of hydrogen-bond donors (Lipinski definition) is 2. The van der Waals surface area contributed by atoms with Crippen LogP contribution in [0.1, 0.15) is 28.8 Å². The summed E-state index contributed by atoms with van der Waals surface area (Å²) in [5.41, 5.74) is 5.59. The van der Waals surface area contributed by atoms with Gasteiger partial charge in [-0.25, -0.2) is 4.98 Å². The van der Waals surface area contributed by atoms with Crippen LogP contribution >= 0.6 is 23.7 Å². The monoisotopic (exact) mass is 363 g/mol. The minimum Gasteiger partial charge on any atom is -0.375 e. The molecule has 0 unspecified atom stereocenters. The van der Waals surface area contributed by atoms with Gasteiger partial charge in [-0.05, 0) is 24.5 Å². The summed E-state index contributed by atoms with van der Waals surface area (Å²) in [7, 11) is 0. The summed E-state index contributed by atoms with van der Waals surface area (Å²) < 4.78 is 38.5. The molecule has 1 fully saturated rings. The van der Waals surface area contributed by atoms with E-state index in [2.05, 4.69) is 10.3 Å². The van der Waals surface area contributed by atoms with Crippen molar-refractivity contribution in [2.45, 2.75) is 31.0 Å². The average Bonchev–Trinajstić information content (AvgIpc) is 3.14. The molecule has 23 heavy (non-hydrogen) atoms. The average molecular weight is 364 g/mol. The molecule has 0 amide bonds. The fourth-order valence-electron chi connectivity index (χ4n) is 2.57. The zero-order chi connectivity index (χ0) is 15.8. The van der Waals surface area contributed by atoms with Gasteiger partial charge in [-0.2, -0.15) is 13.2 Å². The molecule has 0 spiro atoms. The first-order chi connectivity index (χ1) is 10.4. The first-order valence-corrected chi connectivity index (χ1v) is 7.79. The van der Waals surface area contributed by atoms with E-state index in [9.17, 15) is 13.2 Å². The number of alkyl halides is 3. The Morgan fingerprint density at radius 2 is 2.04 bits per heavy atom. The number of nitrogens with one attached hydrogen (secondary N) is 1. The number of anilines is 1. The SMILES string of the molecule is Cl.Nc1ncc(CNCC2(c3cccc(C(F)(F)F)c3)CC2)s1. The molecule has 2 aromatic rings. The number of nitrogens with two attached hydrogens (primary N) is 1. The van der Waals surface area contributed by atoms with E-state index in [0.717, 1.165) is 29.3 Å². The molecule has 8 heteroatoms. The Morgan fingerprint density at radius 1 is 1.30 bits per heavy atom. The molecule has 1 heterocycles. The summed E-state index contributed by atoms with van der Waals surface area (Å²) in [6, 6.07) is 5.67. The lowest BCUT2D eigenvalue weighted by Gasteiger charge is -2.18. The Balaban J connectivity index is 0.00000192. The normalized spacial score (nSPS) is 16.0. The summed E-state index contributed by atoms with van der Waals surface area (Å²) in [4.78, 5) is 5.00. The Morgan fingerprint density at radius 3 is 2.61 bits per heavy atom. The lowest BCUT2D eigenvalue weighted by molar-refractivity contribution is -0.137. The fourth-order valence-corrected chi connectivity index (χ4v) is 3.23. The molecule has 0 radical (unpaired) electrons. The second kappa shape index (κ2) is 6.67. The topological polar surface area (TPSA) is 50.9 Å². The molecule has 0 saturated heterocycles. The highest BCUT2D eigenvalue weighted by Crippen LogP contribution is 2.48. The van der Waals surface area contributed by atoms with Gasteiger partial charge in [-0.3, -0.25) is 0 Å². The van der Waals surface area contributed by atoms with E-state index >= 15 is 0 Å². The van der Waals surface area contributed by atoms with Crippen LogP contribution in [-0.2, 0) is 18.1 Å². The van der Waals surface area contributed by atoms with Crippen molar-refractivity contribution < 1.29 is 13.2 Å². The predicted octanol–water partition coefficient (Wildman–Crippen LogP) is 3.99. The Bertz CT molecular complexity index is 668. The molecular weight excluding hydrogens is 347 g/mol. The van der Waals surface area contributed by atoms with Gasteiger partial charge >= 0.3 is 6.18 Å². The maximum absolute atomic E-state index is 12.8. The van der Waals surface area contributed by atoms with E-state index < -0.39 is 11.7 Å². The molecule has 3 rings (SSSR count). The van der Waals surface area contributed by atoms with Crippen LogP contribution < -0.4 is 11.1 Å². The minimum absolute atomic E-state index is 0. The number of nitrogens with zero attached hydrogens (tertiary/aromatic N) is 1. The first kappa shape index (κ1) is 18.0.